The van der Waals surface area contributed by atoms with Crippen LogP contribution in [-0.2, 0) is 4.74 Å². The van der Waals surface area contributed by atoms with Crippen LogP contribution in [0.25, 0.3) is 0 Å². The average molecular weight is 247 g/mol. The molecule has 92 valence electrons. The van der Waals surface area contributed by atoms with Crippen LogP contribution in [0.2, 0.25) is 0 Å². The number of ether oxygens (including phenoxy) is 1. The number of rotatable bonds is 3. The third-order valence-corrected chi connectivity index (χ3v) is 1.86. The minimum Gasteiger partial charge on any atom is -0.463 e. The summed E-state index contributed by atoms with van der Waals surface area (Å²) < 4.78 is 29.3. The number of nitrogens with two attached hydrogens (primary N) is 1. The molecule has 0 unspecified atom stereocenters. The Morgan fingerprint density at radius 1 is 1.65 bits per heavy atom. The van der Waals surface area contributed by atoms with Gasteiger partial charge in [0.05, 0.1) is 12.8 Å². The summed E-state index contributed by atoms with van der Waals surface area (Å²) in [4.78, 5) is 23.7. The Kier molecular flexibility index (Phi) is 3.51. The van der Waals surface area contributed by atoms with Crippen molar-refractivity contribution in [1.29, 1.82) is 0 Å². The van der Waals surface area contributed by atoms with Crippen molar-refractivity contribution in [3.8, 4) is 0 Å². The molecule has 9 heteroatoms. The molecule has 1 heterocycles. The molecule has 2 N–H and O–H groups in total. The van der Waals surface area contributed by atoms with Gasteiger partial charge in [0.2, 0.25) is 0 Å². The Bertz CT molecular complexity index is 478. The first-order valence-electron chi connectivity index (χ1n) is 4.19. The zero-order chi connectivity index (χ0) is 13.2. The number of nitrogen functional groups attached to an aromatic ring is 1. The van der Waals surface area contributed by atoms with Crippen molar-refractivity contribution < 1.29 is 23.2 Å². The monoisotopic (exact) mass is 247 g/mol. The molecule has 0 fully saturated rings. The van der Waals surface area contributed by atoms with Crippen molar-refractivity contribution in [3.63, 3.8) is 0 Å². The van der Waals surface area contributed by atoms with Crippen molar-refractivity contribution in [3.05, 3.63) is 27.4 Å². The molecule has 1 rings (SSSR count). The third kappa shape index (κ3) is 2.44. The molecule has 0 atom stereocenters. The molecule has 0 radical (unpaired) electrons. The number of anilines is 1. The SMILES string of the molecule is COC(=O)c1cc(N)c(C(F)F)c([N+](=O)[O-])n1. The van der Waals surface area contributed by atoms with Crippen LogP contribution < -0.4 is 5.73 Å². The van der Waals surface area contributed by atoms with Crippen LogP contribution >= 0.6 is 0 Å². The van der Waals surface area contributed by atoms with Crippen LogP contribution in [0.5, 0.6) is 0 Å². The summed E-state index contributed by atoms with van der Waals surface area (Å²) >= 11 is 0. The maximum Gasteiger partial charge on any atom is 0.382 e. The third-order valence-electron chi connectivity index (χ3n) is 1.86. The lowest BCUT2D eigenvalue weighted by molar-refractivity contribution is -0.391. The number of carbonyl (C=O) groups excluding carboxylic acids is 1. The van der Waals surface area contributed by atoms with Gasteiger partial charge in [0, 0.05) is 6.07 Å². The molecular weight excluding hydrogens is 240 g/mol. The quantitative estimate of drug-likeness (QED) is 0.489. The number of esters is 1. The van der Waals surface area contributed by atoms with Gasteiger partial charge in [-0.25, -0.2) is 13.6 Å². The van der Waals surface area contributed by atoms with E-state index in [4.69, 9.17) is 5.73 Å². The lowest BCUT2D eigenvalue weighted by Gasteiger charge is -2.05. The Hall–Kier alpha value is -2.32. The van der Waals surface area contributed by atoms with Crippen LogP contribution in [0.15, 0.2) is 6.07 Å². The van der Waals surface area contributed by atoms with Gasteiger partial charge in [-0.05, 0) is 9.91 Å². The number of aromatic nitrogens is 1. The largest absolute Gasteiger partial charge is 0.463 e. The molecule has 1 aromatic rings. The highest BCUT2D eigenvalue weighted by molar-refractivity contribution is 5.89. The van der Waals surface area contributed by atoms with E-state index in [0.717, 1.165) is 13.2 Å². The summed E-state index contributed by atoms with van der Waals surface area (Å²) in [5.41, 5.74) is 3.13. The molecule has 0 aliphatic heterocycles. The number of nitro groups is 1. The molecule has 7 nitrogen and oxygen atoms in total. The van der Waals surface area contributed by atoms with Gasteiger partial charge in [-0.15, -0.1) is 0 Å². The molecule has 0 spiro atoms. The minimum atomic E-state index is -3.16. The maximum absolute atomic E-state index is 12.5. The smallest absolute Gasteiger partial charge is 0.382 e. The number of pyridine rings is 1. The van der Waals surface area contributed by atoms with Crippen molar-refractivity contribution in [2.24, 2.45) is 0 Å². The number of carbonyl (C=O) groups is 1. The second-order valence-electron chi connectivity index (χ2n) is 2.88. The van der Waals surface area contributed by atoms with E-state index in [1.807, 2.05) is 0 Å². The first kappa shape index (κ1) is 12.7. The van der Waals surface area contributed by atoms with Crippen molar-refractivity contribution in [2.75, 3.05) is 12.8 Å². The van der Waals surface area contributed by atoms with Crippen molar-refractivity contribution in [1.82, 2.24) is 4.98 Å². The highest BCUT2D eigenvalue weighted by Gasteiger charge is 2.30. The van der Waals surface area contributed by atoms with Crippen LogP contribution in [0.3, 0.4) is 0 Å². The number of alkyl halides is 2. The zero-order valence-corrected chi connectivity index (χ0v) is 8.52. The normalized spacial score (nSPS) is 10.4. The number of halogens is 2. The van der Waals surface area contributed by atoms with Crippen LogP contribution in [0, 0.1) is 10.1 Å². The number of hydrogen-bond acceptors (Lipinski definition) is 6. The van der Waals surface area contributed by atoms with Gasteiger partial charge in [-0.3, -0.25) is 0 Å². The molecule has 0 aliphatic carbocycles. The topological polar surface area (TPSA) is 108 Å². The second kappa shape index (κ2) is 4.68. The Morgan fingerprint density at radius 2 is 2.24 bits per heavy atom. The molecule has 0 amide bonds. The van der Waals surface area contributed by atoms with Gasteiger partial charge in [0.1, 0.15) is 5.56 Å². The zero-order valence-electron chi connectivity index (χ0n) is 8.52. The minimum absolute atomic E-state index is 0.499. The van der Waals surface area contributed by atoms with Crippen molar-refractivity contribution >= 4 is 17.5 Å². The number of methoxy groups -OCH3 is 1. The molecule has 0 aromatic carbocycles. The van der Waals surface area contributed by atoms with E-state index in [9.17, 15) is 23.7 Å². The van der Waals surface area contributed by atoms with E-state index in [1.54, 1.807) is 0 Å². The van der Waals surface area contributed by atoms with E-state index < -0.39 is 40.1 Å². The van der Waals surface area contributed by atoms with Gasteiger partial charge in [-0.1, -0.05) is 0 Å². The number of hydrogen-bond donors (Lipinski definition) is 1. The van der Waals surface area contributed by atoms with Gasteiger partial charge < -0.3 is 20.6 Å². The standard InChI is InChI=1S/C8H7F2N3O4/c1-17-8(14)4-2-3(11)5(6(9)10)7(12-4)13(15)16/h2,6H,1H3,(H2,11,12). The van der Waals surface area contributed by atoms with Gasteiger partial charge in [0.15, 0.2) is 0 Å². The molecule has 0 aliphatic rings. The van der Waals surface area contributed by atoms with E-state index in [0.29, 0.717) is 0 Å². The first-order valence-corrected chi connectivity index (χ1v) is 4.19. The van der Waals surface area contributed by atoms with E-state index in [-0.39, 0.29) is 0 Å². The Labute approximate surface area is 93.3 Å². The second-order valence-corrected chi connectivity index (χ2v) is 2.88. The highest BCUT2D eigenvalue weighted by atomic mass is 19.3. The maximum atomic E-state index is 12.5. The summed E-state index contributed by atoms with van der Waals surface area (Å²) in [5.74, 6) is -2.15. The first-order chi connectivity index (χ1) is 7.88. The van der Waals surface area contributed by atoms with E-state index in [2.05, 4.69) is 9.72 Å². The predicted molar refractivity (Wildman–Crippen MR) is 51.6 cm³/mol. The van der Waals surface area contributed by atoms with Crippen LogP contribution in [0.1, 0.15) is 22.5 Å². The highest BCUT2D eigenvalue weighted by Crippen LogP contribution is 2.32. The summed E-state index contributed by atoms with van der Waals surface area (Å²) in [6.45, 7) is 0. The van der Waals surface area contributed by atoms with Crippen molar-refractivity contribution in [2.45, 2.75) is 6.43 Å². The van der Waals surface area contributed by atoms with Gasteiger partial charge >= 0.3 is 11.8 Å². The number of nitrogens with zero attached hydrogens (tertiary/aromatic N) is 2. The summed E-state index contributed by atoms with van der Waals surface area (Å²) in [6.07, 6.45) is -3.16. The van der Waals surface area contributed by atoms with E-state index >= 15 is 0 Å². The fourth-order valence-electron chi connectivity index (χ4n) is 1.13. The van der Waals surface area contributed by atoms with Gasteiger partial charge in [0.25, 0.3) is 12.1 Å². The van der Waals surface area contributed by atoms with Crippen LogP contribution in [-0.4, -0.2) is 23.0 Å². The average Bonchev–Trinajstić information content (AvgIpc) is 2.26. The lowest BCUT2D eigenvalue weighted by atomic mass is 10.2. The predicted octanol–water partition coefficient (Wildman–Crippen LogP) is 1.30. The molecule has 0 saturated carbocycles. The molecular formula is C8H7F2N3O4. The molecule has 17 heavy (non-hydrogen) atoms. The summed E-state index contributed by atoms with van der Waals surface area (Å²) in [6, 6.07) is 0.806. The molecule has 0 saturated heterocycles. The van der Waals surface area contributed by atoms with Gasteiger partial charge in [-0.2, -0.15) is 0 Å². The lowest BCUT2D eigenvalue weighted by Crippen LogP contribution is -2.11. The van der Waals surface area contributed by atoms with E-state index in [1.165, 1.54) is 0 Å². The van der Waals surface area contributed by atoms with Crippen LogP contribution in [0.4, 0.5) is 20.3 Å². The summed E-state index contributed by atoms with van der Waals surface area (Å²) in [7, 11) is 1.02. The molecule has 0 bridgehead atoms. The summed E-state index contributed by atoms with van der Waals surface area (Å²) in [5, 5.41) is 10.5. The fraction of sp³-hybridized carbons (Fsp3) is 0.250. The Morgan fingerprint density at radius 3 is 2.65 bits per heavy atom. The Balaban J connectivity index is 3.46. The fourth-order valence-corrected chi connectivity index (χ4v) is 1.13. The molecule has 1 aromatic heterocycles.